The van der Waals surface area contributed by atoms with Gasteiger partial charge >= 0.3 is 0 Å². The van der Waals surface area contributed by atoms with Gasteiger partial charge in [0.15, 0.2) is 5.69 Å². The topological polar surface area (TPSA) is 70.8 Å². The van der Waals surface area contributed by atoms with Crippen molar-refractivity contribution in [1.82, 2.24) is 9.78 Å². The molecule has 0 atom stereocenters. The summed E-state index contributed by atoms with van der Waals surface area (Å²) in [6, 6.07) is 17.2. The van der Waals surface area contributed by atoms with Crippen molar-refractivity contribution in [1.29, 1.82) is 5.41 Å². The Labute approximate surface area is 152 Å². The molecule has 0 radical (unpaired) electrons. The predicted molar refractivity (Wildman–Crippen MR) is 106 cm³/mol. The molecule has 1 aromatic heterocycles. The third-order valence-corrected chi connectivity index (χ3v) is 3.91. The lowest BCUT2D eigenvalue weighted by molar-refractivity contribution is 0.824. The first-order chi connectivity index (χ1) is 12.6. The van der Waals surface area contributed by atoms with Gasteiger partial charge in [0.2, 0.25) is 5.43 Å². The Morgan fingerprint density at radius 2 is 1.85 bits per heavy atom. The van der Waals surface area contributed by atoms with Crippen LogP contribution in [0.1, 0.15) is 16.8 Å². The molecule has 0 spiro atoms. The number of nitrogens with one attached hydrogen (secondary N) is 2. The van der Waals surface area contributed by atoms with E-state index in [9.17, 15) is 4.79 Å². The van der Waals surface area contributed by atoms with E-state index < -0.39 is 0 Å². The van der Waals surface area contributed by atoms with Crippen molar-refractivity contribution < 1.29 is 0 Å². The quantitative estimate of drug-likeness (QED) is 0.689. The summed E-state index contributed by atoms with van der Waals surface area (Å²) in [4.78, 5) is 12.4. The number of anilines is 1. The third-order valence-electron chi connectivity index (χ3n) is 3.91. The first kappa shape index (κ1) is 17.4. The minimum absolute atomic E-state index is 0.207. The van der Waals surface area contributed by atoms with Crippen LogP contribution in [0.4, 0.5) is 5.69 Å². The maximum Gasteiger partial charge on any atom is 0.209 e. The number of rotatable bonds is 5. The Hall–Kier alpha value is -3.47. The number of hydrogen-bond acceptors (Lipinski definition) is 4. The van der Waals surface area contributed by atoms with Crippen LogP contribution in [0.25, 0.3) is 11.4 Å². The highest BCUT2D eigenvalue weighted by molar-refractivity contribution is 5.86. The van der Waals surface area contributed by atoms with E-state index in [1.54, 1.807) is 10.9 Å². The second-order valence-electron chi connectivity index (χ2n) is 6.05. The first-order valence-electron chi connectivity index (χ1n) is 8.28. The highest BCUT2D eigenvalue weighted by Gasteiger charge is 2.10. The predicted octanol–water partition coefficient (Wildman–Crippen LogP) is 3.95. The normalized spacial score (nSPS) is 11.2. The Kier molecular flexibility index (Phi) is 5.08. The number of allylic oxidation sites excluding steroid dienone is 1. The summed E-state index contributed by atoms with van der Waals surface area (Å²) >= 11 is 0. The lowest BCUT2D eigenvalue weighted by atomic mass is 10.2. The molecule has 2 aromatic carbocycles. The molecule has 130 valence electrons. The first-order valence-corrected chi connectivity index (χ1v) is 8.28. The molecule has 0 amide bonds. The second-order valence-corrected chi connectivity index (χ2v) is 6.05. The van der Waals surface area contributed by atoms with Gasteiger partial charge in [-0.05, 0) is 49.8 Å². The molecule has 0 aliphatic carbocycles. The van der Waals surface area contributed by atoms with Gasteiger partial charge in [-0.25, -0.2) is 4.68 Å². The zero-order chi connectivity index (χ0) is 18.5. The van der Waals surface area contributed by atoms with Crippen molar-refractivity contribution in [2.75, 3.05) is 5.32 Å². The molecule has 5 nitrogen and oxygen atoms in total. The summed E-state index contributed by atoms with van der Waals surface area (Å²) in [5, 5.41) is 15.1. The molecule has 26 heavy (non-hydrogen) atoms. The Morgan fingerprint density at radius 3 is 2.54 bits per heavy atom. The van der Waals surface area contributed by atoms with Crippen LogP contribution in [0.5, 0.6) is 0 Å². The van der Waals surface area contributed by atoms with Crippen LogP contribution < -0.4 is 10.7 Å². The Bertz CT molecular complexity index is 1020. The van der Waals surface area contributed by atoms with Crippen molar-refractivity contribution in [3.05, 3.63) is 93.9 Å². The van der Waals surface area contributed by atoms with E-state index >= 15 is 0 Å². The highest BCUT2D eigenvalue weighted by atomic mass is 16.1. The van der Waals surface area contributed by atoms with Crippen molar-refractivity contribution in [2.24, 2.45) is 0 Å². The molecular weight excluding hydrogens is 324 g/mol. The van der Waals surface area contributed by atoms with E-state index in [0.717, 1.165) is 28.7 Å². The average molecular weight is 344 g/mol. The van der Waals surface area contributed by atoms with E-state index in [4.69, 9.17) is 5.41 Å². The molecule has 0 fully saturated rings. The van der Waals surface area contributed by atoms with E-state index in [1.165, 1.54) is 12.1 Å². The van der Waals surface area contributed by atoms with Crippen LogP contribution in [0, 0.1) is 19.3 Å². The molecule has 0 saturated heterocycles. The maximum absolute atomic E-state index is 12.4. The van der Waals surface area contributed by atoms with Gasteiger partial charge in [-0.2, -0.15) is 5.10 Å². The van der Waals surface area contributed by atoms with Crippen molar-refractivity contribution in [3.63, 3.8) is 0 Å². The fourth-order valence-electron chi connectivity index (χ4n) is 2.56. The van der Waals surface area contributed by atoms with Crippen LogP contribution in [-0.2, 0) is 0 Å². The lowest BCUT2D eigenvalue weighted by Crippen LogP contribution is -2.18. The monoisotopic (exact) mass is 344 g/mol. The second kappa shape index (κ2) is 7.61. The van der Waals surface area contributed by atoms with E-state index in [2.05, 4.69) is 10.4 Å². The summed E-state index contributed by atoms with van der Waals surface area (Å²) in [7, 11) is 0. The van der Waals surface area contributed by atoms with Gasteiger partial charge in [-0.15, -0.1) is 0 Å². The summed E-state index contributed by atoms with van der Waals surface area (Å²) in [5.41, 5.74) is 4.49. The fraction of sp³-hybridized carbons (Fsp3) is 0.0952. The fourth-order valence-corrected chi connectivity index (χ4v) is 2.56. The van der Waals surface area contributed by atoms with E-state index in [-0.39, 0.29) is 11.1 Å². The molecule has 0 bridgehead atoms. The molecule has 2 N–H and O–H groups in total. The maximum atomic E-state index is 12.4. The molecule has 0 saturated carbocycles. The van der Waals surface area contributed by atoms with Gasteiger partial charge in [0.1, 0.15) is 0 Å². The van der Waals surface area contributed by atoms with Crippen molar-refractivity contribution in [3.8, 4) is 5.69 Å². The van der Waals surface area contributed by atoms with E-state index in [1.807, 2.05) is 62.4 Å². The Balaban J connectivity index is 2.03. The van der Waals surface area contributed by atoms with Gasteiger partial charge in [0.05, 0.1) is 11.4 Å². The average Bonchev–Trinajstić information content (AvgIpc) is 2.63. The zero-order valence-corrected chi connectivity index (χ0v) is 14.7. The molecular formula is C21H20N4O. The lowest BCUT2D eigenvalue weighted by Gasteiger charge is -2.12. The van der Waals surface area contributed by atoms with Crippen LogP contribution in [-0.4, -0.2) is 16.0 Å². The minimum Gasteiger partial charge on any atom is -0.354 e. The van der Waals surface area contributed by atoms with Crippen molar-refractivity contribution in [2.45, 2.75) is 13.8 Å². The van der Waals surface area contributed by atoms with Gasteiger partial charge in [0.25, 0.3) is 0 Å². The van der Waals surface area contributed by atoms with Gasteiger partial charge in [-0.3, -0.25) is 4.79 Å². The molecule has 0 aliphatic rings. The van der Waals surface area contributed by atoms with Crippen LogP contribution in [0.3, 0.4) is 0 Å². The minimum atomic E-state index is -0.207. The number of hydrogen-bond donors (Lipinski definition) is 2. The molecule has 5 heteroatoms. The molecule has 0 unspecified atom stereocenters. The molecule has 1 heterocycles. The van der Waals surface area contributed by atoms with Gasteiger partial charge in [-0.1, -0.05) is 29.8 Å². The number of aryl methyl sites for hydroxylation is 2. The third kappa shape index (κ3) is 3.95. The van der Waals surface area contributed by atoms with E-state index in [0.29, 0.717) is 5.70 Å². The SMILES string of the molecule is Cc1ccc(N/C(=C\C=N)c2nn(-c3cccc(C)c3)ccc2=O)cc1. The number of benzene rings is 2. The van der Waals surface area contributed by atoms with Crippen LogP contribution in [0.15, 0.2) is 71.7 Å². The number of nitrogens with zero attached hydrogens (tertiary/aromatic N) is 2. The van der Waals surface area contributed by atoms with Crippen LogP contribution in [0.2, 0.25) is 0 Å². The molecule has 3 aromatic rings. The summed E-state index contributed by atoms with van der Waals surface area (Å²) < 4.78 is 1.67. The molecule has 3 rings (SSSR count). The largest absolute Gasteiger partial charge is 0.354 e. The highest BCUT2D eigenvalue weighted by Crippen LogP contribution is 2.16. The van der Waals surface area contributed by atoms with Crippen LogP contribution >= 0.6 is 0 Å². The standard InChI is InChI=1S/C21H20N4O/c1-15-6-8-17(9-7-15)23-19(10-12-22)21-20(26)11-13-25(24-21)18-5-3-4-16(2)14-18/h3-14,22-23H,1-2H3/b19-10-,22-12?. The Morgan fingerprint density at radius 1 is 1.08 bits per heavy atom. The summed E-state index contributed by atoms with van der Waals surface area (Å²) in [6.45, 7) is 4.02. The summed E-state index contributed by atoms with van der Waals surface area (Å²) in [5.74, 6) is 0. The van der Waals surface area contributed by atoms with Crippen molar-refractivity contribution >= 4 is 17.6 Å². The van der Waals surface area contributed by atoms with Gasteiger partial charge < -0.3 is 10.7 Å². The zero-order valence-electron chi connectivity index (χ0n) is 14.7. The molecule has 0 aliphatic heterocycles. The number of aromatic nitrogens is 2. The smallest absolute Gasteiger partial charge is 0.209 e. The van der Waals surface area contributed by atoms with Gasteiger partial charge in [0, 0.05) is 24.2 Å². The summed E-state index contributed by atoms with van der Waals surface area (Å²) in [6.07, 6.45) is 4.32.